The summed E-state index contributed by atoms with van der Waals surface area (Å²) in [5, 5.41) is 6.30. The van der Waals surface area contributed by atoms with Gasteiger partial charge < -0.3 is 10.2 Å². The standard InChI is InChI=1S/C24H27N3OS/c28-24(15-18-5-4-12-25-16-18)27(17-22-23(29)10-13-26-22)14-11-20-8-3-7-19-6-1-2-9-21(19)20/h1-9,12,16,22-23,26,29H,10-11,13-15,17H2/t22?,23-/m0/s1. The normalized spacial score (nSPS) is 18.8. The molecule has 2 aromatic carbocycles. The van der Waals surface area contributed by atoms with Crippen LogP contribution in [0.5, 0.6) is 0 Å². The molecule has 1 aliphatic heterocycles. The summed E-state index contributed by atoms with van der Waals surface area (Å²) < 4.78 is 0. The monoisotopic (exact) mass is 405 g/mol. The van der Waals surface area contributed by atoms with Crippen LogP contribution in [-0.4, -0.2) is 46.7 Å². The number of carbonyl (C=O) groups is 1. The zero-order chi connectivity index (χ0) is 20.1. The molecule has 3 aromatic rings. The summed E-state index contributed by atoms with van der Waals surface area (Å²) in [5.41, 5.74) is 2.23. The first-order valence-electron chi connectivity index (χ1n) is 10.3. The van der Waals surface area contributed by atoms with Gasteiger partial charge in [0.05, 0.1) is 6.42 Å². The molecular formula is C24H27N3OS. The Morgan fingerprint density at radius 1 is 1.14 bits per heavy atom. The summed E-state index contributed by atoms with van der Waals surface area (Å²) in [6.45, 7) is 2.36. The zero-order valence-electron chi connectivity index (χ0n) is 16.5. The Kier molecular flexibility index (Phi) is 6.47. The molecule has 4 nitrogen and oxygen atoms in total. The second-order valence-corrected chi connectivity index (χ2v) is 8.35. The highest BCUT2D eigenvalue weighted by molar-refractivity contribution is 7.81. The van der Waals surface area contributed by atoms with E-state index in [1.807, 2.05) is 17.0 Å². The molecule has 1 amide bonds. The maximum Gasteiger partial charge on any atom is 0.227 e. The Balaban J connectivity index is 1.50. The molecule has 2 heterocycles. The third-order valence-electron chi connectivity index (χ3n) is 5.69. The molecular weight excluding hydrogens is 378 g/mol. The first kappa shape index (κ1) is 19.9. The van der Waals surface area contributed by atoms with E-state index in [4.69, 9.17) is 12.6 Å². The van der Waals surface area contributed by atoms with Crippen LogP contribution in [0, 0.1) is 0 Å². The van der Waals surface area contributed by atoms with Crippen LogP contribution in [0.15, 0.2) is 67.0 Å². The minimum absolute atomic E-state index is 0.146. The average molecular weight is 406 g/mol. The van der Waals surface area contributed by atoms with E-state index in [9.17, 15) is 4.79 Å². The molecule has 0 bridgehead atoms. The topological polar surface area (TPSA) is 45.2 Å². The molecule has 0 aliphatic carbocycles. The van der Waals surface area contributed by atoms with E-state index in [1.54, 1.807) is 12.4 Å². The highest BCUT2D eigenvalue weighted by Crippen LogP contribution is 2.20. The lowest BCUT2D eigenvalue weighted by molar-refractivity contribution is -0.130. The lowest BCUT2D eigenvalue weighted by Gasteiger charge is -2.28. The number of benzene rings is 2. The van der Waals surface area contributed by atoms with Crippen LogP contribution in [0.4, 0.5) is 0 Å². The number of nitrogens with zero attached hydrogens (tertiary/aromatic N) is 2. The number of aromatic nitrogens is 1. The van der Waals surface area contributed by atoms with E-state index in [0.717, 1.165) is 24.9 Å². The Morgan fingerprint density at radius 2 is 2.00 bits per heavy atom. The quantitative estimate of drug-likeness (QED) is 0.592. The van der Waals surface area contributed by atoms with Crippen molar-refractivity contribution >= 4 is 29.3 Å². The smallest absolute Gasteiger partial charge is 0.227 e. The number of hydrogen-bond donors (Lipinski definition) is 2. The van der Waals surface area contributed by atoms with Crippen molar-refractivity contribution in [1.29, 1.82) is 0 Å². The highest BCUT2D eigenvalue weighted by atomic mass is 32.1. The van der Waals surface area contributed by atoms with Crippen molar-refractivity contribution in [3.8, 4) is 0 Å². The molecule has 5 heteroatoms. The summed E-state index contributed by atoms with van der Waals surface area (Å²) in [7, 11) is 0. The van der Waals surface area contributed by atoms with Crippen LogP contribution < -0.4 is 5.32 Å². The number of hydrogen-bond acceptors (Lipinski definition) is 4. The van der Waals surface area contributed by atoms with Gasteiger partial charge in [-0.05, 0) is 47.4 Å². The van der Waals surface area contributed by atoms with Gasteiger partial charge in [0.15, 0.2) is 0 Å². The van der Waals surface area contributed by atoms with Crippen molar-refractivity contribution in [3.05, 3.63) is 78.1 Å². The molecule has 1 unspecified atom stereocenters. The van der Waals surface area contributed by atoms with Crippen molar-refractivity contribution < 1.29 is 4.79 Å². The van der Waals surface area contributed by atoms with E-state index in [0.29, 0.717) is 24.8 Å². The number of fused-ring (bicyclic) bond motifs is 1. The molecule has 0 saturated carbocycles. The lowest BCUT2D eigenvalue weighted by Crippen LogP contribution is -2.45. The summed E-state index contributed by atoms with van der Waals surface area (Å²) in [5.74, 6) is 0.146. The maximum atomic E-state index is 13.1. The van der Waals surface area contributed by atoms with Crippen LogP contribution in [0.2, 0.25) is 0 Å². The van der Waals surface area contributed by atoms with Crippen molar-refractivity contribution in [2.24, 2.45) is 0 Å². The summed E-state index contributed by atoms with van der Waals surface area (Å²) in [6.07, 6.45) is 5.77. The van der Waals surface area contributed by atoms with Gasteiger partial charge in [0, 0.05) is 36.8 Å². The number of carbonyl (C=O) groups excluding carboxylic acids is 1. The molecule has 4 rings (SSSR count). The number of pyridine rings is 1. The fourth-order valence-electron chi connectivity index (χ4n) is 4.05. The summed E-state index contributed by atoms with van der Waals surface area (Å²) >= 11 is 4.71. The predicted octanol–water partition coefficient (Wildman–Crippen LogP) is 3.51. The van der Waals surface area contributed by atoms with E-state index in [2.05, 4.69) is 52.8 Å². The SMILES string of the molecule is O=C(Cc1cccnc1)N(CCc1cccc2ccccc12)CC1NCC[C@@H]1S. The number of nitrogens with one attached hydrogen (secondary N) is 1. The van der Waals surface area contributed by atoms with Gasteiger partial charge in [-0.3, -0.25) is 9.78 Å². The molecule has 1 aliphatic rings. The second kappa shape index (κ2) is 9.42. The fourth-order valence-corrected chi connectivity index (χ4v) is 4.38. The Bertz CT molecular complexity index is 957. The highest BCUT2D eigenvalue weighted by Gasteiger charge is 2.27. The molecule has 150 valence electrons. The summed E-state index contributed by atoms with van der Waals surface area (Å²) in [6, 6.07) is 18.9. The Labute approximate surface area is 177 Å². The Morgan fingerprint density at radius 3 is 2.79 bits per heavy atom. The first-order valence-corrected chi connectivity index (χ1v) is 10.8. The van der Waals surface area contributed by atoms with Gasteiger partial charge in [-0.15, -0.1) is 0 Å². The summed E-state index contributed by atoms with van der Waals surface area (Å²) in [4.78, 5) is 19.3. The number of rotatable bonds is 7. The van der Waals surface area contributed by atoms with Crippen LogP contribution in [0.1, 0.15) is 17.5 Å². The first-order chi connectivity index (χ1) is 14.2. The lowest BCUT2D eigenvalue weighted by atomic mass is 10.0. The van der Waals surface area contributed by atoms with Gasteiger partial charge in [-0.25, -0.2) is 0 Å². The third-order valence-corrected chi connectivity index (χ3v) is 6.31. The van der Waals surface area contributed by atoms with Crippen LogP contribution in [0.3, 0.4) is 0 Å². The van der Waals surface area contributed by atoms with Crippen molar-refractivity contribution in [2.45, 2.75) is 30.6 Å². The van der Waals surface area contributed by atoms with Gasteiger partial charge in [-0.1, -0.05) is 48.5 Å². The van der Waals surface area contributed by atoms with Crippen LogP contribution in [-0.2, 0) is 17.6 Å². The molecule has 29 heavy (non-hydrogen) atoms. The molecule has 2 atom stereocenters. The average Bonchev–Trinajstić information content (AvgIpc) is 3.16. The van der Waals surface area contributed by atoms with Gasteiger partial charge in [0.25, 0.3) is 0 Å². The van der Waals surface area contributed by atoms with Crippen molar-refractivity contribution in [2.75, 3.05) is 19.6 Å². The minimum atomic E-state index is 0.146. The van der Waals surface area contributed by atoms with Gasteiger partial charge in [0.1, 0.15) is 0 Å². The second-order valence-electron chi connectivity index (χ2n) is 7.68. The molecule has 1 fully saturated rings. The van der Waals surface area contributed by atoms with Gasteiger partial charge in [-0.2, -0.15) is 12.6 Å². The fraction of sp³-hybridized carbons (Fsp3) is 0.333. The molecule has 1 aromatic heterocycles. The van der Waals surface area contributed by atoms with Gasteiger partial charge >= 0.3 is 0 Å². The molecule has 0 radical (unpaired) electrons. The van der Waals surface area contributed by atoms with Crippen LogP contribution in [0.25, 0.3) is 10.8 Å². The largest absolute Gasteiger partial charge is 0.340 e. The van der Waals surface area contributed by atoms with E-state index < -0.39 is 0 Å². The van der Waals surface area contributed by atoms with E-state index in [1.165, 1.54) is 16.3 Å². The third kappa shape index (κ3) is 4.98. The van der Waals surface area contributed by atoms with Crippen molar-refractivity contribution in [1.82, 2.24) is 15.2 Å². The predicted molar refractivity (Wildman–Crippen MR) is 121 cm³/mol. The van der Waals surface area contributed by atoms with Crippen LogP contribution >= 0.6 is 12.6 Å². The Hall–Kier alpha value is -2.37. The van der Waals surface area contributed by atoms with E-state index >= 15 is 0 Å². The number of amides is 1. The van der Waals surface area contributed by atoms with Crippen molar-refractivity contribution in [3.63, 3.8) is 0 Å². The molecule has 1 N–H and O–H groups in total. The molecule has 0 spiro atoms. The maximum absolute atomic E-state index is 13.1. The zero-order valence-corrected chi connectivity index (χ0v) is 17.4. The molecule has 1 saturated heterocycles. The van der Waals surface area contributed by atoms with Gasteiger partial charge in [0.2, 0.25) is 5.91 Å². The number of thiol groups is 1. The minimum Gasteiger partial charge on any atom is -0.340 e. The van der Waals surface area contributed by atoms with E-state index in [-0.39, 0.29) is 11.9 Å².